The Morgan fingerprint density at radius 1 is 1.32 bits per heavy atom. The minimum absolute atomic E-state index is 0.229. The molecule has 2 rings (SSSR count). The first-order valence-electron chi connectivity index (χ1n) is 5.69. The molecule has 0 radical (unpaired) electrons. The van der Waals surface area contributed by atoms with Gasteiger partial charge in [0.05, 0.1) is 12.2 Å². The van der Waals surface area contributed by atoms with Crippen molar-refractivity contribution in [3.05, 3.63) is 47.4 Å². The number of carbonyl (C=O) groups is 1. The number of rotatable bonds is 4. The highest BCUT2D eigenvalue weighted by molar-refractivity contribution is 5.92. The van der Waals surface area contributed by atoms with Crippen molar-refractivity contribution < 1.29 is 4.79 Å². The van der Waals surface area contributed by atoms with Crippen LogP contribution in [0.25, 0.3) is 0 Å². The number of amides is 1. The van der Waals surface area contributed by atoms with Gasteiger partial charge in [-0.25, -0.2) is 5.84 Å². The Kier molecular flexibility index (Phi) is 3.99. The van der Waals surface area contributed by atoms with Crippen LogP contribution in [0.3, 0.4) is 0 Å². The highest BCUT2D eigenvalue weighted by atomic mass is 16.1. The lowest BCUT2D eigenvalue weighted by Crippen LogP contribution is -2.25. The number of nitrogens with two attached hydrogens (primary N) is 1. The fourth-order valence-electron chi connectivity index (χ4n) is 1.49. The Morgan fingerprint density at radius 2 is 2.16 bits per heavy atom. The first-order valence-corrected chi connectivity index (χ1v) is 5.69. The van der Waals surface area contributed by atoms with Gasteiger partial charge in [-0.1, -0.05) is 6.07 Å². The lowest BCUT2D eigenvalue weighted by molar-refractivity contribution is 0.0944. The van der Waals surface area contributed by atoms with E-state index in [1.807, 2.05) is 19.1 Å². The third kappa shape index (κ3) is 3.23. The first kappa shape index (κ1) is 12.9. The average molecular weight is 258 g/mol. The summed E-state index contributed by atoms with van der Waals surface area (Å²) < 4.78 is 0. The van der Waals surface area contributed by atoms with E-state index < -0.39 is 0 Å². The van der Waals surface area contributed by atoms with Crippen LogP contribution >= 0.6 is 0 Å². The SMILES string of the molecule is Cc1cccnc1CNC(=O)c1ccc(NN)nn1. The van der Waals surface area contributed by atoms with Crippen molar-refractivity contribution in [3.63, 3.8) is 0 Å². The van der Waals surface area contributed by atoms with E-state index >= 15 is 0 Å². The number of nitrogen functional groups attached to an aromatic ring is 1. The lowest BCUT2D eigenvalue weighted by atomic mass is 10.2. The van der Waals surface area contributed by atoms with E-state index in [-0.39, 0.29) is 11.6 Å². The second-order valence-corrected chi connectivity index (χ2v) is 3.90. The molecule has 0 spiro atoms. The molecular formula is C12H14N6O. The van der Waals surface area contributed by atoms with Crippen molar-refractivity contribution >= 4 is 11.7 Å². The molecule has 0 aliphatic carbocycles. The molecule has 0 saturated carbocycles. The molecule has 2 aromatic rings. The Morgan fingerprint density at radius 3 is 2.79 bits per heavy atom. The largest absolute Gasteiger partial charge is 0.345 e. The van der Waals surface area contributed by atoms with Crippen molar-refractivity contribution in [1.29, 1.82) is 0 Å². The molecule has 0 bridgehead atoms. The fourth-order valence-corrected chi connectivity index (χ4v) is 1.49. The number of hydrazine groups is 1. The molecular weight excluding hydrogens is 244 g/mol. The number of anilines is 1. The Balaban J connectivity index is 1.99. The summed E-state index contributed by atoms with van der Waals surface area (Å²) in [6.07, 6.45) is 1.69. The van der Waals surface area contributed by atoms with E-state index in [0.29, 0.717) is 12.4 Å². The third-order valence-electron chi connectivity index (χ3n) is 2.58. The minimum Gasteiger partial charge on any atom is -0.345 e. The van der Waals surface area contributed by atoms with Gasteiger partial charge in [0.1, 0.15) is 0 Å². The molecule has 7 heteroatoms. The van der Waals surface area contributed by atoms with Crippen LogP contribution in [0.5, 0.6) is 0 Å². The van der Waals surface area contributed by atoms with Gasteiger partial charge in [-0.3, -0.25) is 9.78 Å². The summed E-state index contributed by atoms with van der Waals surface area (Å²) >= 11 is 0. The van der Waals surface area contributed by atoms with Crippen LogP contribution in [0.2, 0.25) is 0 Å². The Hall–Kier alpha value is -2.54. The summed E-state index contributed by atoms with van der Waals surface area (Å²) in [5.41, 5.74) is 4.42. The first-order chi connectivity index (χ1) is 9.20. The van der Waals surface area contributed by atoms with Crippen molar-refractivity contribution in [2.75, 3.05) is 5.43 Å². The molecule has 2 aromatic heterocycles. The van der Waals surface area contributed by atoms with Crippen LogP contribution in [0.4, 0.5) is 5.82 Å². The van der Waals surface area contributed by atoms with Gasteiger partial charge >= 0.3 is 0 Å². The molecule has 0 aromatic carbocycles. The molecule has 4 N–H and O–H groups in total. The van der Waals surface area contributed by atoms with E-state index in [4.69, 9.17) is 5.84 Å². The van der Waals surface area contributed by atoms with Crippen LogP contribution in [0.1, 0.15) is 21.7 Å². The number of aryl methyl sites for hydroxylation is 1. The number of nitrogens with zero attached hydrogens (tertiary/aromatic N) is 3. The predicted octanol–water partition coefficient (Wildman–Crippen LogP) is 0.396. The van der Waals surface area contributed by atoms with Crippen LogP contribution < -0.4 is 16.6 Å². The lowest BCUT2D eigenvalue weighted by Gasteiger charge is -2.06. The quantitative estimate of drug-likeness (QED) is 0.541. The van der Waals surface area contributed by atoms with Gasteiger partial charge in [0, 0.05) is 6.20 Å². The molecule has 0 saturated heterocycles. The van der Waals surface area contributed by atoms with Crippen LogP contribution in [0, 0.1) is 6.92 Å². The number of hydrogen-bond donors (Lipinski definition) is 3. The van der Waals surface area contributed by atoms with Gasteiger partial charge in [0.2, 0.25) is 0 Å². The van der Waals surface area contributed by atoms with Crippen molar-refractivity contribution in [2.24, 2.45) is 5.84 Å². The number of carbonyl (C=O) groups excluding carboxylic acids is 1. The van der Waals surface area contributed by atoms with E-state index in [9.17, 15) is 4.79 Å². The van der Waals surface area contributed by atoms with Crippen LogP contribution in [-0.4, -0.2) is 21.1 Å². The maximum absolute atomic E-state index is 11.8. The molecule has 0 unspecified atom stereocenters. The maximum Gasteiger partial charge on any atom is 0.272 e. The molecule has 0 fully saturated rings. The van der Waals surface area contributed by atoms with E-state index in [0.717, 1.165) is 11.3 Å². The fraction of sp³-hybridized carbons (Fsp3) is 0.167. The number of nitrogens with one attached hydrogen (secondary N) is 2. The van der Waals surface area contributed by atoms with Gasteiger partial charge in [-0.2, -0.15) is 0 Å². The third-order valence-corrected chi connectivity index (χ3v) is 2.58. The highest BCUT2D eigenvalue weighted by Crippen LogP contribution is 2.04. The van der Waals surface area contributed by atoms with Crippen molar-refractivity contribution in [1.82, 2.24) is 20.5 Å². The van der Waals surface area contributed by atoms with E-state index in [2.05, 4.69) is 25.9 Å². The van der Waals surface area contributed by atoms with Crippen LogP contribution in [0.15, 0.2) is 30.5 Å². The Labute approximate surface area is 110 Å². The van der Waals surface area contributed by atoms with Gasteiger partial charge in [0.25, 0.3) is 5.91 Å². The van der Waals surface area contributed by atoms with Crippen molar-refractivity contribution in [2.45, 2.75) is 13.5 Å². The molecule has 19 heavy (non-hydrogen) atoms. The summed E-state index contributed by atoms with van der Waals surface area (Å²) in [7, 11) is 0. The zero-order valence-electron chi connectivity index (χ0n) is 10.4. The minimum atomic E-state index is -0.305. The molecule has 1 amide bonds. The molecule has 98 valence electrons. The summed E-state index contributed by atoms with van der Waals surface area (Å²) in [5.74, 6) is 5.26. The second-order valence-electron chi connectivity index (χ2n) is 3.90. The number of aromatic nitrogens is 3. The zero-order chi connectivity index (χ0) is 13.7. The standard InChI is InChI=1S/C12H14N6O/c1-8-3-2-6-14-10(8)7-15-12(19)9-4-5-11(16-13)18-17-9/h2-6H,7,13H2,1H3,(H,15,19)(H,16,18). The molecule has 0 aliphatic heterocycles. The normalized spacial score (nSPS) is 10.0. The summed E-state index contributed by atoms with van der Waals surface area (Å²) in [5, 5.41) is 10.2. The van der Waals surface area contributed by atoms with Crippen molar-refractivity contribution in [3.8, 4) is 0 Å². The molecule has 2 heterocycles. The number of pyridine rings is 1. The zero-order valence-corrected chi connectivity index (χ0v) is 10.4. The van der Waals surface area contributed by atoms with E-state index in [1.54, 1.807) is 18.3 Å². The van der Waals surface area contributed by atoms with Gasteiger partial charge in [-0.05, 0) is 30.7 Å². The smallest absolute Gasteiger partial charge is 0.272 e. The monoisotopic (exact) mass is 258 g/mol. The number of hydrogen-bond acceptors (Lipinski definition) is 6. The Bertz CT molecular complexity index is 569. The van der Waals surface area contributed by atoms with E-state index in [1.165, 1.54) is 0 Å². The molecule has 0 aliphatic rings. The van der Waals surface area contributed by atoms with Gasteiger partial charge in [0.15, 0.2) is 11.5 Å². The highest BCUT2D eigenvalue weighted by Gasteiger charge is 2.08. The summed E-state index contributed by atoms with van der Waals surface area (Å²) in [6.45, 7) is 2.29. The van der Waals surface area contributed by atoms with Crippen LogP contribution in [-0.2, 0) is 6.54 Å². The van der Waals surface area contributed by atoms with Gasteiger partial charge in [-0.15, -0.1) is 10.2 Å². The second kappa shape index (κ2) is 5.87. The predicted molar refractivity (Wildman–Crippen MR) is 70.0 cm³/mol. The van der Waals surface area contributed by atoms with Gasteiger partial charge < -0.3 is 10.7 Å². The maximum atomic E-state index is 11.8. The molecule has 7 nitrogen and oxygen atoms in total. The topological polar surface area (TPSA) is 106 Å². The average Bonchev–Trinajstić information content (AvgIpc) is 2.46. The summed E-state index contributed by atoms with van der Waals surface area (Å²) in [4.78, 5) is 16.0. The molecule has 0 atom stereocenters. The summed E-state index contributed by atoms with van der Waals surface area (Å²) in [6, 6.07) is 6.91.